The van der Waals surface area contributed by atoms with Crippen molar-refractivity contribution < 1.29 is 14.9 Å². The van der Waals surface area contributed by atoms with Gasteiger partial charge in [0.25, 0.3) is 0 Å². The first-order valence-corrected chi connectivity index (χ1v) is 7.79. The van der Waals surface area contributed by atoms with E-state index in [-0.39, 0.29) is 0 Å². The number of benzene rings is 3. The zero-order valence-electron chi connectivity index (χ0n) is 12.9. The van der Waals surface area contributed by atoms with Crippen molar-refractivity contribution in [3.63, 3.8) is 0 Å². The van der Waals surface area contributed by atoms with Crippen LogP contribution in [-0.2, 0) is 6.42 Å². The molecule has 3 aromatic rings. The van der Waals surface area contributed by atoms with Crippen LogP contribution in [0.5, 0.6) is 11.5 Å². The zero-order valence-corrected chi connectivity index (χ0v) is 12.9. The van der Waals surface area contributed by atoms with E-state index in [0.717, 1.165) is 38.8 Å². The molecule has 0 saturated heterocycles. The molecule has 0 aliphatic heterocycles. The molecule has 1 atom stereocenters. The number of rotatable bonds is 2. The highest BCUT2D eigenvalue weighted by Crippen LogP contribution is 2.47. The number of aliphatic hydroxyl groups is 1. The second-order valence-electron chi connectivity index (χ2n) is 5.95. The van der Waals surface area contributed by atoms with Gasteiger partial charge in [0, 0.05) is 16.7 Å². The lowest BCUT2D eigenvalue weighted by Gasteiger charge is -2.27. The van der Waals surface area contributed by atoms with Crippen molar-refractivity contribution in [1.29, 1.82) is 0 Å². The Hall–Kier alpha value is -2.52. The Morgan fingerprint density at radius 2 is 1.87 bits per heavy atom. The van der Waals surface area contributed by atoms with Crippen LogP contribution in [0.1, 0.15) is 23.7 Å². The van der Waals surface area contributed by atoms with Gasteiger partial charge in [-0.1, -0.05) is 36.4 Å². The molecule has 1 aliphatic carbocycles. The van der Waals surface area contributed by atoms with E-state index >= 15 is 0 Å². The van der Waals surface area contributed by atoms with Crippen LogP contribution in [-0.4, -0.2) is 17.3 Å². The third-order valence-electron chi connectivity index (χ3n) is 4.68. The summed E-state index contributed by atoms with van der Waals surface area (Å²) >= 11 is 0. The van der Waals surface area contributed by atoms with Gasteiger partial charge in [-0.2, -0.15) is 0 Å². The molecule has 0 heterocycles. The van der Waals surface area contributed by atoms with Crippen LogP contribution in [0.3, 0.4) is 0 Å². The predicted octanol–water partition coefficient (Wildman–Crippen LogP) is 4.20. The molecule has 0 aromatic heterocycles. The molecule has 0 saturated carbocycles. The molecule has 0 bridgehead atoms. The number of phenols is 1. The summed E-state index contributed by atoms with van der Waals surface area (Å²) in [5.41, 5.74) is 3.71. The molecule has 4 rings (SSSR count). The van der Waals surface area contributed by atoms with Crippen LogP contribution in [0.2, 0.25) is 0 Å². The summed E-state index contributed by atoms with van der Waals surface area (Å²) in [6.45, 7) is 0. The van der Waals surface area contributed by atoms with E-state index in [2.05, 4.69) is 0 Å². The van der Waals surface area contributed by atoms with Gasteiger partial charge in [-0.15, -0.1) is 0 Å². The molecule has 0 unspecified atom stereocenters. The number of hydrogen-bond donors (Lipinski definition) is 2. The Kier molecular flexibility index (Phi) is 3.24. The molecule has 0 amide bonds. The van der Waals surface area contributed by atoms with E-state index < -0.39 is 6.10 Å². The fraction of sp³-hybridized carbons (Fsp3) is 0.200. The van der Waals surface area contributed by atoms with Gasteiger partial charge in [-0.3, -0.25) is 0 Å². The number of aliphatic hydroxyl groups excluding tert-OH is 1. The molecule has 3 aromatic carbocycles. The summed E-state index contributed by atoms with van der Waals surface area (Å²) in [4.78, 5) is 0. The van der Waals surface area contributed by atoms with Gasteiger partial charge in [0.05, 0.1) is 13.2 Å². The average Bonchev–Trinajstić information content (AvgIpc) is 2.59. The van der Waals surface area contributed by atoms with Crippen LogP contribution in [0, 0.1) is 0 Å². The Morgan fingerprint density at radius 3 is 2.61 bits per heavy atom. The summed E-state index contributed by atoms with van der Waals surface area (Å²) < 4.78 is 5.62. The monoisotopic (exact) mass is 306 g/mol. The zero-order chi connectivity index (χ0) is 16.0. The largest absolute Gasteiger partial charge is 0.508 e. The second kappa shape index (κ2) is 5.28. The van der Waals surface area contributed by atoms with Gasteiger partial charge in [-0.25, -0.2) is 0 Å². The van der Waals surface area contributed by atoms with Gasteiger partial charge in [-0.05, 0) is 41.3 Å². The standard InChI is InChI=1S/C20H18O3/c1-23-17-11-13-7-9-15(21)14-8-10-16(22)20(18(13)14)19(17)12-5-3-2-4-6-12/h2-7,9,11,16,21-22H,8,10H2,1H3/t16-/m0/s1. The molecule has 3 nitrogen and oxygen atoms in total. The number of methoxy groups -OCH3 is 1. The topological polar surface area (TPSA) is 49.7 Å². The smallest absolute Gasteiger partial charge is 0.127 e. The molecule has 23 heavy (non-hydrogen) atoms. The SMILES string of the molecule is COc1cc2ccc(O)c3c2c(c1-c1ccccc1)[C@@H](O)CC3. The first kappa shape index (κ1) is 14.1. The summed E-state index contributed by atoms with van der Waals surface area (Å²) in [5.74, 6) is 1.05. The number of aromatic hydroxyl groups is 1. The van der Waals surface area contributed by atoms with E-state index in [1.54, 1.807) is 13.2 Å². The molecular formula is C20H18O3. The molecule has 3 heteroatoms. The van der Waals surface area contributed by atoms with E-state index in [0.29, 0.717) is 18.6 Å². The normalized spacial score (nSPS) is 16.5. The maximum atomic E-state index is 10.7. The van der Waals surface area contributed by atoms with Gasteiger partial charge in [0.15, 0.2) is 0 Å². The lowest BCUT2D eigenvalue weighted by atomic mass is 9.81. The molecule has 1 aliphatic rings. The van der Waals surface area contributed by atoms with E-state index in [9.17, 15) is 10.2 Å². The molecule has 116 valence electrons. The van der Waals surface area contributed by atoms with Crippen molar-refractivity contribution in [2.24, 2.45) is 0 Å². The fourth-order valence-corrected chi connectivity index (χ4v) is 3.64. The van der Waals surface area contributed by atoms with Crippen LogP contribution in [0.4, 0.5) is 0 Å². The summed E-state index contributed by atoms with van der Waals surface area (Å²) in [6, 6.07) is 15.6. The van der Waals surface area contributed by atoms with Crippen molar-refractivity contribution in [2.45, 2.75) is 18.9 Å². The predicted molar refractivity (Wildman–Crippen MR) is 90.9 cm³/mol. The van der Waals surface area contributed by atoms with Crippen molar-refractivity contribution in [3.05, 3.63) is 59.7 Å². The Labute approximate surface area is 134 Å². The highest BCUT2D eigenvalue weighted by Gasteiger charge is 2.27. The fourth-order valence-electron chi connectivity index (χ4n) is 3.64. The minimum Gasteiger partial charge on any atom is -0.508 e. The first-order chi connectivity index (χ1) is 11.2. The van der Waals surface area contributed by atoms with Crippen LogP contribution in [0.25, 0.3) is 21.9 Å². The van der Waals surface area contributed by atoms with Gasteiger partial charge < -0.3 is 14.9 Å². The first-order valence-electron chi connectivity index (χ1n) is 7.79. The van der Waals surface area contributed by atoms with Crippen LogP contribution in [0.15, 0.2) is 48.5 Å². The minimum absolute atomic E-state index is 0.301. The van der Waals surface area contributed by atoms with Crippen molar-refractivity contribution in [3.8, 4) is 22.6 Å². The van der Waals surface area contributed by atoms with E-state index in [1.807, 2.05) is 42.5 Å². The second-order valence-corrected chi connectivity index (χ2v) is 5.95. The van der Waals surface area contributed by atoms with Crippen molar-refractivity contribution in [2.75, 3.05) is 7.11 Å². The maximum Gasteiger partial charge on any atom is 0.127 e. The highest BCUT2D eigenvalue weighted by atomic mass is 16.5. The molecule has 2 N–H and O–H groups in total. The Bertz CT molecular complexity index is 885. The number of ether oxygens (including phenoxy) is 1. The quantitative estimate of drug-likeness (QED) is 0.746. The summed E-state index contributed by atoms with van der Waals surface area (Å²) in [5, 5.41) is 22.9. The lowest BCUT2D eigenvalue weighted by molar-refractivity contribution is 0.166. The van der Waals surface area contributed by atoms with Gasteiger partial charge in [0.1, 0.15) is 11.5 Å². The number of hydrogen-bond acceptors (Lipinski definition) is 3. The minimum atomic E-state index is -0.558. The molecular weight excluding hydrogens is 288 g/mol. The molecule has 0 fully saturated rings. The molecule has 0 radical (unpaired) electrons. The van der Waals surface area contributed by atoms with Crippen molar-refractivity contribution >= 4 is 10.8 Å². The van der Waals surface area contributed by atoms with Crippen LogP contribution >= 0.6 is 0 Å². The van der Waals surface area contributed by atoms with Gasteiger partial charge >= 0.3 is 0 Å². The number of aryl methyl sites for hydroxylation is 1. The Balaban J connectivity index is 2.17. The van der Waals surface area contributed by atoms with E-state index in [4.69, 9.17) is 4.74 Å². The van der Waals surface area contributed by atoms with E-state index in [1.165, 1.54) is 0 Å². The molecule has 0 spiro atoms. The third kappa shape index (κ3) is 2.08. The van der Waals surface area contributed by atoms with Crippen LogP contribution < -0.4 is 4.74 Å². The summed E-state index contributed by atoms with van der Waals surface area (Å²) in [6.07, 6.45) is 0.724. The lowest BCUT2D eigenvalue weighted by Crippen LogP contribution is -2.11. The van der Waals surface area contributed by atoms with Gasteiger partial charge in [0.2, 0.25) is 0 Å². The Morgan fingerprint density at radius 1 is 1.09 bits per heavy atom. The average molecular weight is 306 g/mol. The maximum absolute atomic E-state index is 10.7. The highest BCUT2D eigenvalue weighted by molar-refractivity contribution is 5.99. The number of phenolic OH excluding ortho intramolecular Hbond substituents is 1. The van der Waals surface area contributed by atoms with Crippen molar-refractivity contribution in [1.82, 2.24) is 0 Å². The summed E-state index contributed by atoms with van der Waals surface area (Å²) in [7, 11) is 1.65. The third-order valence-corrected chi connectivity index (χ3v) is 4.68.